The summed E-state index contributed by atoms with van der Waals surface area (Å²) < 4.78 is 1.95. The van der Waals surface area contributed by atoms with Gasteiger partial charge in [0.25, 0.3) is 0 Å². The number of nitrogens with zero attached hydrogens (tertiary/aromatic N) is 4. The third-order valence-electron chi connectivity index (χ3n) is 3.62. The fourth-order valence-corrected chi connectivity index (χ4v) is 2.73. The van der Waals surface area contributed by atoms with Gasteiger partial charge in [-0.2, -0.15) is 10.1 Å². The molecule has 2 aromatic heterocycles. The highest BCUT2D eigenvalue weighted by molar-refractivity contribution is 6.28. The molecule has 1 N–H and O–H groups in total. The lowest BCUT2D eigenvalue weighted by molar-refractivity contribution is 0.109. The van der Waals surface area contributed by atoms with Gasteiger partial charge < -0.3 is 5.11 Å². The van der Waals surface area contributed by atoms with Crippen LogP contribution in [0.15, 0.2) is 6.20 Å². The van der Waals surface area contributed by atoms with Crippen molar-refractivity contribution in [2.45, 2.75) is 44.8 Å². The quantitative estimate of drug-likeness (QED) is 0.804. The standard InChI is InChI=1S/C12H15ClN4O/c1-7-10-6-14-12(13)15-11(10)17(16-7)8-2-4-9(18)5-3-8/h6,8-9,18H,2-5H2,1H3. The summed E-state index contributed by atoms with van der Waals surface area (Å²) in [5, 5.41) is 15.3. The van der Waals surface area contributed by atoms with Gasteiger partial charge in [0, 0.05) is 6.20 Å². The Labute approximate surface area is 110 Å². The maximum Gasteiger partial charge on any atom is 0.224 e. The van der Waals surface area contributed by atoms with Crippen LogP contribution in [0.1, 0.15) is 37.4 Å². The summed E-state index contributed by atoms with van der Waals surface area (Å²) in [5.41, 5.74) is 1.72. The number of rotatable bonds is 1. The SMILES string of the molecule is Cc1nn(C2CCC(O)CC2)c2nc(Cl)ncc12. The summed E-state index contributed by atoms with van der Waals surface area (Å²) in [7, 11) is 0. The predicted octanol–water partition coefficient (Wildman–Crippen LogP) is 2.26. The van der Waals surface area contributed by atoms with Crippen LogP contribution >= 0.6 is 11.6 Å². The highest BCUT2D eigenvalue weighted by atomic mass is 35.5. The molecule has 5 nitrogen and oxygen atoms in total. The topological polar surface area (TPSA) is 63.8 Å². The second-order valence-corrected chi connectivity index (χ2v) is 5.21. The first kappa shape index (κ1) is 11.9. The van der Waals surface area contributed by atoms with Crippen molar-refractivity contribution in [3.63, 3.8) is 0 Å². The van der Waals surface area contributed by atoms with Gasteiger partial charge in [0.15, 0.2) is 5.65 Å². The van der Waals surface area contributed by atoms with E-state index < -0.39 is 0 Å². The van der Waals surface area contributed by atoms with Crippen molar-refractivity contribution in [3.05, 3.63) is 17.2 Å². The lowest BCUT2D eigenvalue weighted by Crippen LogP contribution is -2.22. The van der Waals surface area contributed by atoms with Crippen molar-refractivity contribution < 1.29 is 5.11 Å². The molecule has 0 aliphatic heterocycles. The van der Waals surface area contributed by atoms with Crippen molar-refractivity contribution in [1.29, 1.82) is 0 Å². The van der Waals surface area contributed by atoms with E-state index in [-0.39, 0.29) is 11.4 Å². The molecule has 1 aliphatic rings. The van der Waals surface area contributed by atoms with Crippen molar-refractivity contribution >= 4 is 22.6 Å². The van der Waals surface area contributed by atoms with Crippen molar-refractivity contribution in [1.82, 2.24) is 19.7 Å². The molecule has 1 saturated carbocycles. The highest BCUT2D eigenvalue weighted by Gasteiger charge is 2.24. The number of aliphatic hydroxyl groups is 1. The molecule has 96 valence electrons. The van der Waals surface area contributed by atoms with E-state index in [1.807, 2.05) is 11.6 Å². The van der Waals surface area contributed by atoms with Crippen molar-refractivity contribution in [3.8, 4) is 0 Å². The van der Waals surface area contributed by atoms with Gasteiger partial charge in [-0.15, -0.1) is 0 Å². The number of aromatic nitrogens is 4. The molecule has 18 heavy (non-hydrogen) atoms. The van der Waals surface area contributed by atoms with Gasteiger partial charge in [-0.1, -0.05) is 0 Å². The fourth-order valence-electron chi connectivity index (χ4n) is 2.60. The molecule has 2 aromatic rings. The van der Waals surface area contributed by atoms with Crippen LogP contribution in [0.5, 0.6) is 0 Å². The van der Waals surface area contributed by atoms with Gasteiger partial charge in [0.05, 0.1) is 23.2 Å². The maximum absolute atomic E-state index is 9.56. The van der Waals surface area contributed by atoms with E-state index >= 15 is 0 Å². The Kier molecular flexibility index (Phi) is 2.95. The van der Waals surface area contributed by atoms with Gasteiger partial charge in [0.1, 0.15) is 0 Å². The molecule has 2 heterocycles. The Balaban J connectivity index is 2.03. The van der Waals surface area contributed by atoms with Crippen LogP contribution < -0.4 is 0 Å². The molecule has 1 aliphatic carbocycles. The molecule has 1 fully saturated rings. The highest BCUT2D eigenvalue weighted by Crippen LogP contribution is 2.31. The zero-order valence-corrected chi connectivity index (χ0v) is 10.9. The predicted molar refractivity (Wildman–Crippen MR) is 68.6 cm³/mol. The van der Waals surface area contributed by atoms with Gasteiger partial charge in [-0.3, -0.25) is 0 Å². The molecule has 0 unspecified atom stereocenters. The van der Waals surface area contributed by atoms with Crippen LogP contribution in [0, 0.1) is 6.92 Å². The minimum atomic E-state index is -0.164. The molecule has 0 aromatic carbocycles. The monoisotopic (exact) mass is 266 g/mol. The summed E-state index contributed by atoms with van der Waals surface area (Å²) in [6, 6.07) is 0.301. The Morgan fingerprint density at radius 3 is 2.78 bits per heavy atom. The number of aliphatic hydroxyl groups excluding tert-OH is 1. The minimum Gasteiger partial charge on any atom is -0.393 e. The first-order valence-electron chi connectivity index (χ1n) is 6.20. The van der Waals surface area contributed by atoms with Crippen molar-refractivity contribution in [2.75, 3.05) is 0 Å². The van der Waals surface area contributed by atoms with Crippen LogP contribution in [0.4, 0.5) is 0 Å². The maximum atomic E-state index is 9.56. The minimum absolute atomic E-state index is 0.164. The summed E-state index contributed by atoms with van der Waals surface area (Å²) in [4.78, 5) is 8.28. The number of fused-ring (bicyclic) bond motifs is 1. The van der Waals surface area contributed by atoms with Crippen LogP contribution in [0.3, 0.4) is 0 Å². The van der Waals surface area contributed by atoms with E-state index in [0.717, 1.165) is 42.4 Å². The fraction of sp³-hybridized carbons (Fsp3) is 0.583. The Bertz CT molecular complexity index is 575. The Hall–Kier alpha value is -1.20. The molecule has 0 spiro atoms. The first-order valence-corrected chi connectivity index (χ1v) is 6.58. The molecule has 6 heteroatoms. The second kappa shape index (κ2) is 4.48. The van der Waals surface area contributed by atoms with E-state index in [2.05, 4.69) is 15.1 Å². The molecule has 0 bridgehead atoms. The molecular formula is C12H15ClN4O. The first-order chi connectivity index (χ1) is 8.65. The van der Waals surface area contributed by atoms with Crippen LogP contribution in [0.25, 0.3) is 11.0 Å². The molecule has 0 atom stereocenters. The molecular weight excluding hydrogens is 252 g/mol. The molecule has 3 rings (SSSR count). The van der Waals surface area contributed by atoms with Gasteiger partial charge in [-0.25, -0.2) is 9.67 Å². The average Bonchev–Trinajstić information content (AvgIpc) is 2.67. The van der Waals surface area contributed by atoms with Gasteiger partial charge >= 0.3 is 0 Å². The van der Waals surface area contributed by atoms with Crippen LogP contribution in [-0.4, -0.2) is 31.0 Å². The average molecular weight is 267 g/mol. The summed E-state index contributed by atoms with van der Waals surface area (Å²) >= 11 is 5.86. The second-order valence-electron chi connectivity index (χ2n) is 4.87. The van der Waals surface area contributed by atoms with Gasteiger partial charge in [-0.05, 0) is 44.2 Å². The van der Waals surface area contributed by atoms with E-state index in [1.165, 1.54) is 0 Å². The number of halogens is 1. The zero-order valence-electron chi connectivity index (χ0n) is 10.2. The largest absolute Gasteiger partial charge is 0.393 e. The normalized spacial score (nSPS) is 24.6. The van der Waals surface area contributed by atoms with E-state index in [9.17, 15) is 5.11 Å². The number of hydrogen-bond acceptors (Lipinski definition) is 4. The summed E-state index contributed by atoms with van der Waals surface area (Å²) in [6.45, 7) is 1.95. The third-order valence-corrected chi connectivity index (χ3v) is 3.80. The summed E-state index contributed by atoms with van der Waals surface area (Å²) in [6.07, 6.45) is 5.06. The zero-order chi connectivity index (χ0) is 12.7. The smallest absolute Gasteiger partial charge is 0.224 e. The lowest BCUT2D eigenvalue weighted by atomic mass is 9.93. The van der Waals surface area contributed by atoms with Crippen molar-refractivity contribution in [2.24, 2.45) is 0 Å². The Morgan fingerprint density at radius 2 is 2.06 bits per heavy atom. The van der Waals surface area contributed by atoms with E-state index in [0.29, 0.717) is 6.04 Å². The molecule has 0 saturated heterocycles. The number of hydrogen-bond donors (Lipinski definition) is 1. The summed E-state index contributed by atoms with van der Waals surface area (Å²) in [5.74, 6) is 0. The van der Waals surface area contributed by atoms with E-state index in [4.69, 9.17) is 11.6 Å². The van der Waals surface area contributed by atoms with Gasteiger partial charge in [0.2, 0.25) is 5.28 Å². The van der Waals surface area contributed by atoms with Crippen LogP contribution in [0.2, 0.25) is 5.28 Å². The number of aryl methyl sites for hydroxylation is 1. The Morgan fingerprint density at radius 1 is 1.33 bits per heavy atom. The van der Waals surface area contributed by atoms with E-state index in [1.54, 1.807) is 6.20 Å². The molecule has 0 radical (unpaired) electrons. The molecule has 0 amide bonds. The lowest BCUT2D eigenvalue weighted by Gasteiger charge is -2.25. The van der Waals surface area contributed by atoms with Crippen LogP contribution in [-0.2, 0) is 0 Å². The third kappa shape index (κ3) is 1.97.